The Morgan fingerprint density at radius 2 is 1.58 bits per heavy atom. The molecule has 0 saturated heterocycles. The van der Waals surface area contributed by atoms with Gasteiger partial charge in [-0.3, -0.25) is 9.59 Å². The highest BCUT2D eigenvalue weighted by molar-refractivity contribution is 6.12. The monoisotopic (exact) mass is 350 g/mol. The summed E-state index contributed by atoms with van der Waals surface area (Å²) < 4.78 is 0. The van der Waals surface area contributed by atoms with Crippen LogP contribution in [0.5, 0.6) is 0 Å². The van der Waals surface area contributed by atoms with Crippen molar-refractivity contribution in [1.29, 1.82) is 0 Å². The Kier molecular flexibility index (Phi) is 5.98. The summed E-state index contributed by atoms with van der Waals surface area (Å²) in [7, 11) is 3.69. The zero-order chi connectivity index (χ0) is 19.3. The van der Waals surface area contributed by atoms with Crippen molar-refractivity contribution in [1.82, 2.24) is 4.90 Å². The summed E-state index contributed by atoms with van der Waals surface area (Å²) in [6.07, 6.45) is 3.18. The first kappa shape index (κ1) is 19.4. The quantitative estimate of drug-likeness (QED) is 0.638. The molecule has 0 aliphatic heterocycles. The van der Waals surface area contributed by atoms with Crippen molar-refractivity contribution in [2.75, 3.05) is 19.4 Å². The molecule has 2 rings (SSSR count). The number of hydrogen-bond acceptors (Lipinski definition) is 3. The number of rotatable bonds is 5. The van der Waals surface area contributed by atoms with Gasteiger partial charge in [-0.1, -0.05) is 45.0 Å². The lowest BCUT2D eigenvalue weighted by Crippen LogP contribution is -2.16. The van der Waals surface area contributed by atoms with Crippen molar-refractivity contribution >= 4 is 17.4 Å². The van der Waals surface area contributed by atoms with Gasteiger partial charge in [-0.25, -0.2) is 0 Å². The Balaban J connectivity index is 2.21. The van der Waals surface area contributed by atoms with Gasteiger partial charge in [0.2, 0.25) is 0 Å². The Hall–Kier alpha value is -2.88. The maximum Gasteiger partial charge on any atom is 0.255 e. The molecule has 0 saturated carbocycles. The second kappa shape index (κ2) is 8.00. The van der Waals surface area contributed by atoms with E-state index in [1.165, 1.54) is 11.6 Å². The molecule has 0 fully saturated rings. The third-order valence-electron chi connectivity index (χ3n) is 3.98. The number of carbonyl (C=O) groups excluding carboxylic acids is 2. The first-order valence-electron chi connectivity index (χ1n) is 8.58. The highest BCUT2D eigenvalue weighted by Crippen LogP contribution is 2.23. The number of ketones is 1. The van der Waals surface area contributed by atoms with Crippen LogP contribution in [0, 0.1) is 0 Å². The smallest absolute Gasteiger partial charge is 0.255 e. The predicted octanol–water partition coefficient (Wildman–Crippen LogP) is 4.49. The molecule has 2 aromatic rings. The van der Waals surface area contributed by atoms with E-state index in [-0.39, 0.29) is 17.1 Å². The maximum absolute atomic E-state index is 12.6. The molecule has 0 aliphatic rings. The average Bonchev–Trinajstić information content (AvgIpc) is 2.59. The number of allylic oxidation sites excluding steroid dienone is 1. The van der Waals surface area contributed by atoms with Crippen LogP contribution in [0.25, 0.3) is 0 Å². The molecular formula is C22H26N2O2. The number of amides is 1. The van der Waals surface area contributed by atoms with Crippen LogP contribution in [0.15, 0.2) is 60.8 Å². The van der Waals surface area contributed by atoms with Crippen LogP contribution in [0.3, 0.4) is 0 Å². The molecule has 0 aliphatic carbocycles. The summed E-state index contributed by atoms with van der Waals surface area (Å²) in [5, 5.41) is 2.85. The van der Waals surface area contributed by atoms with Crippen molar-refractivity contribution in [2.45, 2.75) is 26.2 Å². The molecule has 4 heteroatoms. The van der Waals surface area contributed by atoms with Gasteiger partial charge in [0, 0.05) is 37.5 Å². The molecule has 2 aromatic carbocycles. The van der Waals surface area contributed by atoms with Gasteiger partial charge >= 0.3 is 0 Å². The molecular weight excluding hydrogens is 324 g/mol. The summed E-state index contributed by atoms with van der Waals surface area (Å²) >= 11 is 0. The molecule has 0 unspecified atom stereocenters. The van der Waals surface area contributed by atoms with Crippen LogP contribution >= 0.6 is 0 Å². The highest BCUT2D eigenvalue weighted by atomic mass is 16.1. The van der Waals surface area contributed by atoms with Gasteiger partial charge in [0.25, 0.3) is 5.91 Å². The molecule has 0 radical (unpaired) electrons. The van der Waals surface area contributed by atoms with Crippen molar-refractivity contribution in [3.05, 3.63) is 77.5 Å². The number of para-hydroxylation sites is 1. The second-order valence-electron chi connectivity index (χ2n) is 7.47. The molecule has 1 N–H and O–H groups in total. The van der Waals surface area contributed by atoms with E-state index >= 15 is 0 Å². The summed E-state index contributed by atoms with van der Waals surface area (Å²) in [6.45, 7) is 6.39. The van der Waals surface area contributed by atoms with Gasteiger partial charge in [-0.05, 0) is 35.2 Å². The molecule has 26 heavy (non-hydrogen) atoms. The van der Waals surface area contributed by atoms with E-state index < -0.39 is 0 Å². The van der Waals surface area contributed by atoms with Crippen molar-refractivity contribution in [3.63, 3.8) is 0 Å². The third kappa shape index (κ3) is 5.06. The Labute approximate surface area is 155 Å². The first-order chi connectivity index (χ1) is 12.2. The van der Waals surface area contributed by atoms with Gasteiger partial charge in [0.15, 0.2) is 5.78 Å². The van der Waals surface area contributed by atoms with Crippen molar-refractivity contribution < 1.29 is 9.59 Å². The second-order valence-corrected chi connectivity index (χ2v) is 7.47. The number of carbonyl (C=O) groups is 2. The van der Waals surface area contributed by atoms with Crippen LogP contribution in [0.4, 0.5) is 5.69 Å². The maximum atomic E-state index is 12.6. The highest BCUT2D eigenvalue weighted by Gasteiger charge is 2.15. The normalized spacial score (nSPS) is 11.4. The van der Waals surface area contributed by atoms with Gasteiger partial charge in [0.1, 0.15) is 0 Å². The van der Waals surface area contributed by atoms with Gasteiger partial charge in [0.05, 0.1) is 5.69 Å². The molecule has 4 nitrogen and oxygen atoms in total. The van der Waals surface area contributed by atoms with E-state index in [1.54, 1.807) is 35.4 Å². The van der Waals surface area contributed by atoms with Crippen LogP contribution in [0.2, 0.25) is 0 Å². The number of hydrogen-bond donors (Lipinski definition) is 1. The summed E-state index contributed by atoms with van der Waals surface area (Å²) in [5.74, 6) is -0.389. The van der Waals surface area contributed by atoms with Gasteiger partial charge in [-0.2, -0.15) is 0 Å². The number of nitrogens with one attached hydrogen (secondary N) is 1. The minimum Gasteiger partial charge on any atom is -0.383 e. The molecule has 0 spiro atoms. The van der Waals surface area contributed by atoms with E-state index in [4.69, 9.17) is 0 Å². The first-order valence-corrected chi connectivity index (χ1v) is 8.58. The third-order valence-corrected chi connectivity index (χ3v) is 3.98. The minimum absolute atomic E-state index is 0.0345. The van der Waals surface area contributed by atoms with Crippen LogP contribution in [-0.4, -0.2) is 30.7 Å². The van der Waals surface area contributed by atoms with E-state index in [9.17, 15) is 9.59 Å². The van der Waals surface area contributed by atoms with Crippen LogP contribution < -0.4 is 5.32 Å². The van der Waals surface area contributed by atoms with Crippen LogP contribution in [-0.2, 0) is 5.41 Å². The molecule has 136 valence electrons. The summed E-state index contributed by atoms with van der Waals surface area (Å²) in [4.78, 5) is 26.7. The van der Waals surface area contributed by atoms with Crippen molar-refractivity contribution in [2.24, 2.45) is 0 Å². The minimum atomic E-state index is -0.234. The summed E-state index contributed by atoms with van der Waals surface area (Å²) in [6, 6.07) is 14.6. The number of nitrogens with zero attached hydrogens (tertiary/aromatic N) is 1. The van der Waals surface area contributed by atoms with E-state index in [0.29, 0.717) is 16.8 Å². The summed E-state index contributed by atoms with van der Waals surface area (Å²) in [5.41, 5.74) is 2.73. The molecule has 0 heterocycles. The fourth-order valence-corrected chi connectivity index (χ4v) is 2.43. The van der Waals surface area contributed by atoms with Gasteiger partial charge < -0.3 is 10.2 Å². The SMILES string of the molecule is CN(C)/C=C/C(=O)c1ccccc1NC(=O)c1ccc(C(C)(C)C)cc1. The lowest BCUT2D eigenvalue weighted by atomic mass is 9.86. The number of anilines is 1. The van der Waals surface area contributed by atoms with Gasteiger partial charge in [-0.15, -0.1) is 0 Å². The molecule has 0 atom stereocenters. The predicted molar refractivity (Wildman–Crippen MR) is 107 cm³/mol. The lowest BCUT2D eigenvalue weighted by Gasteiger charge is -2.19. The lowest BCUT2D eigenvalue weighted by molar-refractivity contribution is 0.102. The van der Waals surface area contributed by atoms with Crippen LogP contribution in [0.1, 0.15) is 47.1 Å². The van der Waals surface area contributed by atoms with E-state index in [0.717, 1.165) is 0 Å². The Morgan fingerprint density at radius 3 is 2.15 bits per heavy atom. The number of benzene rings is 2. The molecule has 1 amide bonds. The fourth-order valence-electron chi connectivity index (χ4n) is 2.43. The Morgan fingerprint density at radius 1 is 0.962 bits per heavy atom. The zero-order valence-corrected chi connectivity index (χ0v) is 16.0. The van der Waals surface area contributed by atoms with Crippen molar-refractivity contribution in [3.8, 4) is 0 Å². The average molecular weight is 350 g/mol. The zero-order valence-electron chi connectivity index (χ0n) is 16.0. The standard InChI is InChI=1S/C22H26N2O2/c1-22(2,3)17-12-10-16(11-13-17)21(26)23-19-9-7-6-8-18(19)20(25)14-15-24(4)5/h6-15H,1-5H3,(H,23,26)/b15-14+. The van der Waals surface area contributed by atoms with E-state index in [2.05, 4.69) is 26.1 Å². The molecule has 0 bridgehead atoms. The topological polar surface area (TPSA) is 49.4 Å². The van der Waals surface area contributed by atoms with E-state index in [1.807, 2.05) is 38.4 Å². The largest absolute Gasteiger partial charge is 0.383 e. The molecule has 0 aromatic heterocycles. The fraction of sp³-hybridized carbons (Fsp3) is 0.273. The Bertz CT molecular complexity index is 813.